The van der Waals surface area contributed by atoms with Crippen molar-refractivity contribution in [2.45, 2.75) is 77.6 Å². The van der Waals surface area contributed by atoms with Crippen LogP contribution in [0.25, 0.3) is 0 Å². The van der Waals surface area contributed by atoms with E-state index < -0.39 is 17.8 Å². The van der Waals surface area contributed by atoms with Crippen molar-refractivity contribution in [1.29, 1.82) is 0 Å². The van der Waals surface area contributed by atoms with E-state index in [1.807, 2.05) is 13.0 Å². The highest BCUT2D eigenvalue weighted by Crippen LogP contribution is 2.18. The molecule has 0 aromatic carbocycles. The Morgan fingerprint density at radius 1 is 0.920 bits per heavy atom. The van der Waals surface area contributed by atoms with Gasteiger partial charge in [-0.3, -0.25) is 0 Å². The van der Waals surface area contributed by atoms with Gasteiger partial charge in [0.2, 0.25) is 0 Å². The van der Waals surface area contributed by atoms with Crippen LogP contribution in [-0.2, 0) is 0 Å². The van der Waals surface area contributed by atoms with Crippen LogP contribution in [0.3, 0.4) is 0 Å². The maximum Gasteiger partial charge on any atom is 0.108 e. The molecule has 0 saturated heterocycles. The van der Waals surface area contributed by atoms with E-state index in [2.05, 4.69) is 13.0 Å². The van der Waals surface area contributed by atoms with Gasteiger partial charge in [-0.2, -0.15) is 0 Å². The molecule has 2 atom stereocenters. The van der Waals surface area contributed by atoms with Crippen LogP contribution in [0.1, 0.15) is 59.8 Å². The van der Waals surface area contributed by atoms with Gasteiger partial charge in [-0.1, -0.05) is 29.4 Å². The van der Waals surface area contributed by atoms with E-state index in [1.54, 1.807) is 6.08 Å². The van der Waals surface area contributed by atoms with E-state index in [9.17, 15) is 15.3 Å². The van der Waals surface area contributed by atoms with Gasteiger partial charge in [-0.05, 0) is 65.4 Å². The monoisotopic (exact) mass is 356 g/mol. The minimum Gasteiger partial charge on any atom is -0.392 e. The third-order valence-corrected chi connectivity index (χ3v) is 4.19. The Hall–Kier alpha value is -0.980. The number of aliphatic hydroxyl groups is 5. The molecule has 0 spiro atoms. The molecule has 5 nitrogen and oxygen atoms in total. The van der Waals surface area contributed by atoms with Crippen molar-refractivity contribution < 1.29 is 25.5 Å². The van der Waals surface area contributed by atoms with Crippen molar-refractivity contribution in [3.05, 3.63) is 34.9 Å². The highest BCUT2D eigenvalue weighted by atomic mass is 16.4. The van der Waals surface area contributed by atoms with E-state index in [0.717, 1.165) is 36.8 Å². The summed E-state index contributed by atoms with van der Waals surface area (Å²) < 4.78 is 0. The molecular formula is C20H36O5. The summed E-state index contributed by atoms with van der Waals surface area (Å²) in [5.74, 6) is 0. The molecule has 0 fully saturated rings. The molecule has 0 unspecified atom stereocenters. The third kappa shape index (κ3) is 11.3. The number of rotatable bonds is 12. The number of hydrogen-bond donors (Lipinski definition) is 5. The lowest BCUT2D eigenvalue weighted by Gasteiger charge is -2.28. The molecule has 0 heterocycles. The summed E-state index contributed by atoms with van der Waals surface area (Å²) in [5, 5.41) is 47.5. The van der Waals surface area contributed by atoms with E-state index >= 15 is 0 Å². The van der Waals surface area contributed by atoms with Gasteiger partial charge in [0.15, 0.2) is 0 Å². The normalized spacial score (nSPS) is 16.9. The van der Waals surface area contributed by atoms with E-state index in [0.29, 0.717) is 6.42 Å². The molecule has 5 heteroatoms. The molecule has 5 N–H and O–H groups in total. The summed E-state index contributed by atoms with van der Waals surface area (Å²) in [7, 11) is 0. The molecule has 0 aliphatic carbocycles. The molecule has 0 aromatic heterocycles. The Morgan fingerprint density at radius 3 is 2.00 bits per heavy atom. The van der Waals surface area contributed by atoms with Crippen LogP contribution in [0.5, 0.6) is 0 Å². The maximum atomic E-state index is 9.96. The van der Waals surface area contributed by atoms with Gasteiger partial charge in [-0.15, -0.1) is 0 Å². The fourth-order valence-corrected chi connectivity index (χ4v) is 2.52. The Bertz CT molecular complexity index is 457. The molecule has 0 bridgehead atoms. The molecule has 0 aliphatic rings. The maximum absolute atomic E-state index is 9.96. The van der Waals surface area contributed by atoms with Gasteiger partial charge < -0.3 is 25.5 Å². The first-order valence-corrected chi connectivity index (χ1v) is 8.91. The van der Waals surface area contributed by atoms with E-state index in [4.69, 9.17) is 10.2 Å². The summed E-state index contributed by atoms with van der Waals surface area (Å²) >= 11 is 0. The van der Waals surface area contributed by atoms with Crippen molar-refractivity contribution in [3.63, 3.8) is 0 Å². The first-order valence-electron chi connectivity index (χ1n) is 8.91. The van der Waals surface area contributed by atoms with Gasteiger partial charge in [0.1, 0.15) is 6.10 Å². The quantitative estimate of drug-likeness (QED) is 0.345. The Morgan fingerprint density at radius 2 is 1.48 bits per heavy atom. The molecule has 0 radical (unpaired) electrons. The van der Waals surface area contributed by atoms with Crippen LogP contribution in [-0.4, -0.2) is 56.6 Å². The smallest absolute Gasteiger partial charge is 0.108 e. The number of hydrogen-bond acceptors (Lipinski definition) is 5. The molecule has 146 valence electrons. The lowest BCUT2D eigenvalue weighted by atomic mass is 9.93. The first kappa shape index (κ1) is 24.0. The molecular weight excluding hydrogens is 320 g/mol. The lowest BCUT2D eigenvalue weighted by molar-refractivity contribution is -0.105. The Balaban J connectivity index is 4.28. The first-order chi connectivity index (χ1) is 11.6. The summed E-state index contributed by atoms with van der Waals surface area (Å²) in [6, 6.07) is 0. The highest BCUT2D eigenvalue weighted by Gasteiger charge is 2.30. The van der Waals surface area contributed by atoms with E-state index in [-0.39, 0.29) is 13.2 Å². The Labute approximate surface area is 152 Å². The van der Waals surface area contributed by atoms with Crippen molar-refractivity contribution in [2.24, 2.45) is 0 Å². The molecule has 0 aliphatic heterocycles. The van der Waals surface area contributed by atoms with Crippen LogP contribution in [0, 0.1) is 0 Å². The summed E-state index contributed by atoms with van der Waals surface area (Å²) in [5.41, 5.74) is 1.76. The molecule has 0 saturated carbocycles. The largest absolute Gasteiger partial charge is 0.392 e. The lowest BCUT2D eigenvalue weighted by Crippen LogP contribution is -2.44. The van der Waals surface area contributed by atoms with Crippen LogP contribution >= 0.6 is 0 Å². The molecule has 0 aromatic rings. The fourth-order valence-electron chi connectivity index (χ4n) is 2.52. The second-order valence-electron chi connectivity index (χ2n) is 7.25. The predicted octanol–water partition coefficient (Wildman–Crippen LogP) is 2.23. The standard InChI is InChI=1S/C20H36O5/c1-15(8-6-10-17(14-22)11-12-21)7-5-9-16(2)13-18(23)19(24)20(3,4)25/h8-9,11,18-19,21-25H,5-7,10,12-14H2,1-4H3/t18-,19-/m0/s1. The second kappa shape index (κ2) is 12.4. The SMILES string of the molecule is CC(=CCCC(=CCO)CO)CCC=C(C)C[C@H](O)[C@H](O)C(C)(C)O. The van der Waals surface area contributed by atoms with Crippen molar-refractivity contribution in [2.75, 3.05) is 13.2 Å². The molecule has 25 heavy (non-hydrogen) atoms. The van der Waals surface area contributed by atoms with Crippen LogP contribution in [0.4, 0.5) is 0 Å². The molecule has 0 rings (SSSR count). The van der Waals surface area contributed by atoms with E-state index in [1.165, 1.54) is 19.4 Å². The van der Waals surface area contributed by atoms with Gasteiger partial charge in [0, 0.05) is 0 Å². The van der Waals surface area contributed by atoms with Gasteiger partial charge in [-0.25, -0.2) is 0 Å². The van der Waals surface area contributed by atoms with Crippen molar-refractivity contribution in [3.8, 4) is 0 Å². The number of aliphatic hydroxyl groups excluding tert-OH is 4. The van der Waals surface area contributed by atoms with Gasteiger partial charge in [0.25, 0.3) is 0 Å². The van der Waals surface area contributed by atoms with Crippen molar-refractivity contribution >= 4 is 0 Å². The minimum absolute atomic E-state index is 0.0196. The molecule has 0 amide bonds. The topological polar surface area (TPSA) is 101 Å². The average Bonchev–Trinajstić information content (AvgIpc) is 2.52. The summed E-state index contributed by atoms with van der Waals surface area (Å²) in [4.78, 5) is 0. The van der Waals surface area contributed by atoms with Crippen LogP contribution < -0.4 is 0 Å². The predicted molar refractivity (Wildman–Crippen MR) is 101 cm³/mol. The van der Waals surface area contributed by atoms with Crippen LogP contribution in [0.15, 0.2) is 34.9 Å². The van der Waals surface area contributed by atoms with Gasteiger partial charge in [0.05, 0.1) is 24.9 Å². The zero-order chi connectivity index (χ0) is 19.5. The average molecular weight is 357 g/mol. The minimum atomic E-state index is -1.32. The highest BCUT2D eigenvalue weighted by molar-refractivity contribution is 5.08. The third-order valence-electron chi connectivity index (χ3n) is 4.19. The Kier molecular flexibility index (Phi) is 11.9. The zero-order valence-corrected chi connectivity index (χ0v) is 16.1. The van der Waals surface area contributed by atoms with Gasteiger partial charge >= 0.3 is 0 Å². The number of allylic oxidation sites excluding steroid dienone is 3. The zero-order valence-electron chi connectivity index (χ0n) is 16.1. The summed E-state index contributed by atoms with van der Waals surface area (Å²) in [6.45, 7) is 6.86. The van der Waals surface area contributed by atoms with Crippen molar-refractivity contribution in [1.82, 2.24) is 0 Å². The fraction of sp³-hybridized carbons (Fsp3) is 0.700. The summed E-state index contributed by atoms with van der Waals surface area (Å²) in [6.07, 6.45) is 7.32. The second-order valence-corrected chi connectivity index (χ2v) is 7.25. The van der Waals surface area contributed by atoms with Crippen LogP contribution in [0.2, 0.25) is 0 Å².